The Labute approximate surface area is 318 Å². The standard InChI is InChI=1S/C43H53ClFN5O3/c1-27-7-4-12-35(42(27)53-43(2,31-10-6-11-31)36-15-14-32(44)22-37(36)45)28-17-19-49(20-18-28)25-40-48-38-16-13-30(41(51)29-8-5-9-29)21-39(38)50(40)24-33(46)23-34(47)26-52-3/h4,7,12-16,21-23,28-29,31,40,47-48H,5-6,8-11,17-20,24-26,46H2,1-3H3/b33-23-,47-34?. The summed E-state index contributed by atoms with van der Waals surface area (Å²) in [5.74, 6) is 1.43. The van der Waals surface area contributed by atoms with Crippen molar-refractivity contribution >= 4 is 34.5 Å². The van der Waals surface area contributed by atoms with Crippen LogP contribution in [-0.4, -0.2) is 62.5 Å². The van der Waals surface area contributed by atoms with E-state index in [2.05, 4.69) is 47.2 Å². The maximum Gasteiger partial charge on any atom is 0.166 e. The first-order valence-electron chi connectivity index (χ1n) is 19.2. The average molecular weight is 742 g/mol. The monoisotopic (exact) mass is 741 g/mol. The molecule has 2 saturated carbocycles. The molecule has 2 aliphatic heterocycles. The van der Waals surface area contributed by atoms with Gasteiger partial charge in [-0.05, 0) is 119 Å². The number of nitrogens with one attached hydrogen (secondary N) is 2. The van der Waals surface area contributed by atoms with E-state index in [-0.39, 0.29) is 36.2 Å². The van der Waals surface area contributed by atoms with Crippen molar-refractivity contribution in [2.24, 2.45) is 17.6 Å². The zero-order valence-electron chi connectivity index (χ0n) is 31.2. The first-order chi connectivity index (χ1) is 25.5. The molecule has 282 valence electrons. The lowest BCUT2D eigenvalue weighted by Gasteiger charge is -2.44. The number of fused-ring (bicyclic) bond motifs is 1. The largest absolute Gasteiger partial charge is 0.482 e. The molecular weight excluding hydrogens is 689 g/mol. The maximum absolute atomic E-state index is 15.5. The predicted octanol–water partition coefficient (Wildman–Crippen LogP) is 8.81. The van der Waals surface area contributed by atoms with Gasteiger partial charge in [0, 0.05) is 47.3 Å². The topological polar surface area (TPSA) is 104 Å². The number of likely N-dealkylation sites (tertiary alicyclic amines) is 1. The molecule has 0 spiro atoms. The van der Waals surface area contributed by atoms with Gasteiger partial charge in [-0.3, -0.25) is 9.69 Å². The number of aryl methyl sites for hydroxylation is 1. The zero-order valence-corrected chi connectivity index (χ0v) is 32.0. The minimum Gasteiger partial charge on any atom is -0.482 e. The van der Waals surface area contributed by atoms with E-state index in [1.54, 1.807) is 25.3 Å². The number of hydrogen-bond acceptors (Lipinski definition) is 8. The quantitative estimate of drug-likeness (QED) is 0.112. The summed E-state index contributed by atoms with van der Waals surface area (Å²) < 4.78 is 27.7. The van der Waals surface area contributed by atoms with E-state index in [0.717, 1.165) is 99.3 Å². The molecule has 3 aromatic carbocycles. The summed E-state index contributed by atoms with van der Waals surface area (Å²) in [5, 5.41) is 12.3. The Kier molecular flexibility index (Phi) is 11.2. The fraction of sp³-hybridized carbons (Fsp3) is 0.488. The third-order valence-electron chi connectivity index (χ3n) is 12.1. The molecule has 2 aliphatic carbocycles. The number of carbonyl (C=O) groups is 1. The maximum atomic E-state index is 15.5. The van der Waals surface area contributed by atoms with Crippen LogP contribution in [0.1, 0.15) is 91.3 Å². The van der Waals surface area contributed by atoms with Gasteiger partial charge in [0.1, 0.15) is 23.3 Å². The van der Waals surface area contributed by atoms with E-state index in [4.69, 9.17) is 32.2 Å². The fourth-order valence-corrected chi connectivity index (χ4v) is 8.77. The molecule has 8 nitrogen and oxygen atoms in total. The van der Waals surface area contributed by atoms with Crippen molar-refractivity contribution in [1.82, 2.24) is 4.90 Å². The highest BCUT2D eigenvalue weighted by Gasteiger charge is 2.44. The summed E-state index contributed by atoms with van der Waals surface area (Å²) in [6.07, 6.45) is 9.71. The van der Waals surface area contributed by atoms with E-state index in [0.29, 0.717) is 34.5 Å². The van der Waals surface area contributed by atoms with Gasteiger partial charge in [-0.25, -0.2) is 4.39 Å². The van der Waals surface area contributed by atoms with Crippen molar-refractivity contribution in [3.05, 3.63) is 99.5 Å². The summed E-state index contributed by atoms with van der Waals surface area (Å²) in [6, 6.07) is 17.4. The molecule has 53 heavy (non-hydrogen) atoms. The number of halogens is 2. The van der Waals surface area contributed by atoms with Gasteiger partial charge >= 0.3 is 0 Å². The summed E-state index contributed by atoms with van der Waals surface area (Å²) in [5.41, 5.74) is 12.1. The van der Waals surface area contributed by atoms with Gasteiger partial charge in [0.15, 0.2) is 5.78 Å². The molecule has 0 radical (unpaired) electrons. The normalized spacial score (nSPS) is 21.0. The number of ether oxygens (including phenoxy) is 2. The fourth-order valence-electron chi connectivity index (χ4n) is 8.61. The minimum atomic E-state index is -0.804. The SMILES string of the molecule is COCC(=N)/C=C(\N)CN1c2cc(C(=O)C3CCC3)ccc2NC1CN1CCC(c2cccc(C)c2OC(C)(c2ccc(Cl)cc2F)C2CCC2)CC1. The number of carbonyl (C=O) groups excluding carboxylic acids is 1. The third kappa shape index (κ3) is 7.84. The number of ketones is 1. The highest BCUT2D eigenvalue weighted by atomic mass is 35.5. The lowest BCUT2D eigenvalue weighted by atomic mass is 9.70. The van der Waals surface area contributed by atoms with E-state index in [9.17, 15) is 4.79 Å². The van der Waals surface area contributed by atoms with Crippen LogP contribution < -0.4 is 20.7 Å². The van der Waals surface area contributed by atoms with Crippen molar-refractivity contribution in [3.63, 3.8) is 0 Å². The second-order valence-corrected chi connectivity index (χ2v) is 16.2. The Hall–Kier alpha value is -3.92. The Morgan fingerprint density at radius 2 is 1.83 bits per heavy atom. The first-order valence-corrected chi connectivity index (χ1v) is 19.6. The molecule has 1 saturated heterocycles. The third-order valence-corrected chi connectivity index (χ3v) is 12.4. The van der Waals surface area contributed by atoms with Crippen LogP contribution in [-0.2, 0) is 10.3 Å². The van der Waals surface area contributed by atoms with Crippen LogP contribution in [0.25, 0.3) is 0 Å². The molecular formula is C43H53ClFN5O3. The molecule has 3 fully saturated rings. The summed E-state index contributed by atoms with van der Waals surface area (Å²) >= 11 is 6.17. The van der Waals surface area contributed by atoms with Crippen molar-refractivity contribution in [1.29, 1.82) is 5.41 Å². The van der Waals surface area contributed by atoms with Crippen molar-refractivity contribution in [3.8, 4) is 5.75 Å². The van der Waals surface area contributed by atoms with Crippen LogP contribution in [0.2, 0.25) is 5.02 Å². The van der Waals surface area contributed by atoms with Gasteiger partial charge in [-0.15, -0.1) is 0 Å². The summed E-state index contributed by atoms with van der Waals surface area (Å²) in [4.78, 5) is 18.0. The van der Waals surface area contributed by atoms with E-state index in [1.165, 1.54) is 11.6 Å². The Balaban J connectivity index is 1.07. The Morgan fingerprint density at radius 1 is 1.08 bits per heavy atom. The number of nitrogens with zero attached hydrogens (tertiary/aromatic N) is 2. The van der Waals surface area contributed by atoms with Crippen LogP contribution in [0.5, 0.6) is 5.75 Å². The average Bonchev–Trinajstić information content (AvgIpc) is 3.39. The number of anilines is 2. The van der Waals surface area contributed by atoms with E-state index in [1.807, 2.05) is 18.2 Å². The minimum absolute atomic E-state index is 0.0607. The zero-order chi connectivity index (χ0) is 37.3. The Bertz CT molecular complexity index is 1870. The van der Waals surface area contributed by atoms with Gasteiger partial charge < -0.3 is 30.8 Å². The number of benzene rings is 3. The van der Waals surface area contributed by atoms with Crippen LogP contribution >= 0.6 is 11.6 Å². The molecule has 0 bridgehead atoms. The molecule has 2 unspecified atom stereocenters. The summed E-state index contributed by atoms with van der Waals surface area (Å²) in [6.45, 7) is 7.33. The molecule has 3 aromatic rings. The lowest BCUT2D eigenvalue weighted by molar-refractivity contribution is -0.0203. The number of methoxy groups -OCH3 is 1. The molecule has 2 heterocycles. The van der Waals surface area contributed by atoms with Crippen LogP contribution in [0.4, 0.5) is 15.8 Å². The van der Waals surface area contributed by atoms with Crippen LogP contribution in [0.15, 0.2) is 66.4 Å². The van der Waals surface area contributed by atoms with Gasteiger partial charge in [-0.2, -0.15) is 0 Å². The van der Waals surface area contributed by atoms with Crippen LogP contribution in [0.3, 0.4) is 0 Å². The van der Waals surface area contributed by atoms with Gasteiger partial charge in [0.25, 0.3) is 0 Å². The molecule has 0 amide bonds. The van der Waals surface area contributed by atoms with E-state index < -0.39 is 5.60 Å². The first kappa shape index (κ1) is 37.4. The predicted molar refractivity (Wildman–Crippen MR) is 211 cm³/mol. The molecule has 4 aliphatic rings. The molecule has 2 atom stereocenters. The second kappa shape index (κ2) is 15.8. The molecule has 7 rings (SSSR count). The second-order valence-electron chi connectivity index (χ2n) is 15.7. The van der Waals surface area contributed by atoms with Crippen LogP contribution in [0, 0.1) is 30.0 Å². The molecule has 10 heteroatoms. The number of nitrogens with two attached hydrogens (primary N) is 1. The summed E-state index contributed by atoms with van der Waals surface area (Å²) in [7, 11) is 1.57. The number of para-hydroxylation sites is 1. The molecule has 4 N–H and O–H groups in total. The van der Waals surface area contributed by atoms with Gasteiger partial charge in [0.2, 0.25) is 0 Å². The van der Waals surface area contributed by atoms with Crippen molar-refractivity contribution in [2.45, 2.75) is 82.9 Å². The molecule has 0 aromatic heterocycles. The lowest BCUT2D eigenvalue weighted by Crippen LogP contribution is -2.48. The van der Waals surface area contributed by atoms with Gasteiger partial charge in [-0.1, -0.05) is 48.7 Å². The number of piperidine rings is 1. The number of Topliss-reactive ketones (excluding diaryl/α,β-unsaturated/α-hetero) is 1. The number of rotatable bonds is 14. The smallest absolute Gasteiger partial charge is 0.166 e. The van der Waals surface area contributed by atoms with Crippen molar-refractivity contribution < 1.29 is 18.7 Å². The highest BCUT2D eigenvalue weighted by molar-refractivity contribution is 6.30. The number of hydrogen-bond donors (Lipinski definition) is 3. The highest BCUT2D eigenvalue weighted by Crippen LogP contribution is 2.49. The van der Waals surface area contributed by atoms with E-state index >= 15 is 4.39 Å². The van der Waals surface area contributed by atoms with Gasteiger partial charge in [0.05, 0.1) is 30.2 Å². The van der Waals surface area contributed by atoms with Crippen molar-refractivity contribution in [2.75, 3.05) is 50.1 Å². The Morgan fingerprint density at radius 3 is 2.49 bits per heavy atom.